The van der Waals surface area contributed by atoms with E-state index in [0.29, 0.717) is 18.7 Å². The first-order valence-corrected chi connectivity index (χ1v) is 6.45. The van der Waals surface area contributed by atoms with Crippen LogP contribution in [0.3, 0.4) is 0 Å². The fourth-order valence-electron chi connectivity index (χ4n) is 1.98. The molecule has 1 saturated heterocycles. The van der Waals surface area contributed by atoms with Crippen LogP contribution in [0.25, 0.3) is 0 Å². The second kappa shape index (κ2) is 5.22. The number of piperidine rings is 1. The molecule has 0 radical (unpaired) electrons. The summed E-state index contributed by atoms with van der Waals surface area (Å²) >= 11 is 0. The van der Waals surface area contributed by atoms with Crippen molar-refractivity contribution >= 4 is 0 Å². The van der Waals surface area contributed by atoms with E-state index in [1.807, 2.05) is 12.1 Å². The van der Waals surface area contributed by atoms with Crippen molar-refractivity contribution in [2.24, 2.45) is 0 Å². The molecule has 0 bridgehead atoms. The van der Waals surface area contributed by atoms with E-state index < -0.39 is 12.3 Å². The zero-order valence-corrected chi connectivity index (χ0v) is 11.2. The lowest BCUT2D eigenvalue weighted by Crippen LogP contribution is -2.45. The fraction of sp³-hybridized carbons (Fsp3) is 0.643. The number of ether oxygens (including phenoxy) is 1. The van der Waals surface area contributed by atoms with Crippen molar-refractivity contribution in [2.75, 3.05) is 13.1 Å². The van der Waals surface area contributed by atoms with Crippen LogP contribution in [-0.2, 0) is 5.41 Å². The Morgan fingerprint density at radius 1 is 1.39 bits per heavy atom. The molecule has 100 valence electrons. The normalized spacial score (nSPS) is 24.9. The molecule has 1 aromatic heterocycles. The van der Waals surface area contributed by atoms with Gasteiger partial charge in [-0.15, -0.1) is 0 Å². The van der Waals surface area contributed by atoms with Gasteiger partial charge in [0.05, 0.1) is 6.20 Å². The number of pyridine rings is 1. The predicted octanol–water partition coefficient (Wildman–Crippen LogP) is 2.46. The fourth-order valence-corrected chi connectivity index (χ4v) is 1.98. The lowest BCUT2D eigenvalue weighted by Gasteiger charge is -2.27. The van der Waals surface area contributed by atoms with Crippen molar-refractivity contribution in [3.63, 3.8) is 0 Å². The zero-order chi connectivity index (χ0) is 13.2. The van der Waals surface area contributed by atoms with Crippen LogP contribution in [0.1, 0.15) is 32.9 Å². The van der Waals surface area contributed by atoms with Gasteiger partial charge in [0.25, 0.3) is 0 Å². The molecule has 1 aliphatic heterocycles. The smallest absolute Gasteiger partial charge is 0.142 e. The second-order valence-electron chi connectivity index (χ2n) is 5.79. The summed E-state index contributed by atoms with van der Waals surface area (Å²) in [7, 11) is 0. The van der Waals surface area contributed by atoms with Crippen LogP contribution in [-0.4, -0.2) is 30.3 Å². The van der Waals surface area contributed by atoms with Gasteiger partial charge in [-0.2, -0.15) is 0 Å². The van der Waals surface area contributed by atoms with Gasteiger partial charge < -0.3 is 10.1 Å². The van der Waals surface area contributed by atoms with Crippen molar-refractivity contribution in [2.45, 2.75) is 44.9 Å². The lowest BCUT2D eigenvalue weighted by molar-refractivity contribution is 0.0741. The van der Waals surface area contributed by atoms with Crippen LogP contribution in [0.2, 0.25) is 0 Å². The van der Waals surface area contributed by atoms with Crippen LogP contribution < -0.4 is 10.1 Å². The molecule has 2 atom stereocenters. The topological polar surface area (TPSA) is 34.1 Å². The highest BCUT2D eigenvalue weighted by molar-refractivity contribution is 5.23. The van der Waals surface area contributed by atoms with E-state index in [4.69, 9.17) is 4.74 Å². The highest BCUT2D eigenvalue weighted by Crippen LogP contribution is 2.23. The van der Waals surface area contributed by atoms with Crippen molar-refractivity contribution < 1.29 is 9.13 Å². The Morgan fingerprint density at radius 3 is 2.72 bits per heavy atom. The first-order valence-electron chi connectivity index (χ1n) is 6.45. The summed E-state index contributed by atoms with van der Waals surface area (Å²) in [6.45, 7) is 7.61. The molecule has 18 heavy (non-hydrogen) atoms. The van der Waals surface area contributed by atoms with Gasteiger partial charge in [0.15, 0.2) is 0 Å². The summed E-state index contributed by atoms with van der Waals surface area (Å²) in [6, 6.07) is 3.81. The summed E-state index contributed by atoms with van der Waals surface area (Å²) < 4.78 is 19.3. The minimum absolute atomic E-state index is 0.0214. The van der Waals surface area contributed by atoms with E-state index in [2.05, 4.69) is 31.1 Å². The third-order valence-electron chi connectivity index (χ3n) is 3.14. The quantitative estimate of drug-likeness (QED) is 0.878. The van der Waals surface area contributed by atoms with E-state index in [9.17, 15) is 4.39 Å². The van der Waals surface area contributed by atoms with Crippen LogP contribution in [0.15, 0.2) is 18.3 Å². The largest absolute Gasteiger partial charge is 0.484 e. The van der Waals surface area contributed by atoms with Gasteiger partial charge >= 0.3 is 0 Å². The molecule has 0 amide bonds. The molecule has 2 heterocycles. The molecule has 0 spiro atoms. The number of alkyl halides is 1. The minimum atomic E-state index is -0.895. The van der Waals surface area contributed by atoms with Crippen LogP contribution in [0.5, 0.6) is 5.75 Å². The molecule has 1 fully saturated rings. The number of rotatable bonds is 2. The number of nitrogens with one attached hydrogen (secondary N) is 1. The number of aromatic nitrogens is 1. The zero-order valence-electron chi connectivity index (χ0n) is 11.2. The predicted molar refractivity (Wildman–Crippen MR) is 69.7 cm³/mol. The van der Waals surface area contributed by atoms with E-state index in [-0.39, 0.29) is 5.41 Å². The number of hydrogen-bond acceptors (Lipinski definition) is 3. The van der Waals surface area contributed by atoms with E-state index >= 15 is 0 Å². The molecule has 0 aliphatic carbocycles. The summed E-state index contributed by atoms with van der Waals surface area (Å²) in [5.74, 6) is 0.638. The van der Waals surface area contributed by atoms with E-state index in [1.54, 1.807) is 6.20 Å². The summed E-state index contributed by atoms with van der Waals surface area (Å²) in [5.41, 5.74) is 1.03. The monoisotopic (exact) mass is 252 g/mol. The number of hydrogen-bond donors (Lipinski definition) is 1. The Kier molecular flexibility index (Phi) is 3.85. The van der Waals surface area contributed by atoms with Gasteiger partial charge in [-0.3, -0.25) is 4.98 Å². The molecular weight excluding hydrogens is 231 g/mol. The Morgan fingerprint density at radius 2 is 2.17 bits per heavy atom. The highest BCUT2D eigenvalue weighted by Gasteiger charge is 2.26. The van der Waals surface area contributed by atoms with E-state index in [0.717, 1.165) is 12.2 Å². The maximum Gasteiger partial charge on any atom is 0.142 e. The Hall–Kier alpha value is -1.16. The third kappa shape index (κ3) is 3.19. The molecule has 4 heteroatoms. The summed E-state index contributed by atoms with van der Waals surface area (Å²) in [4.78, 5) is 4.37. The standard InChI is InChI=1S/C14H21FN2O/c1-14(2,3)13-5-4-10(8-17-13)18-12-9-16-7-6-11(12)15/h4-5,8,11-12,16H,6-7,9H2,1-3H3/t11-,12+/m0/s1. The van der Waals surface area contributed by atoms with E-state index in [1.165, 1.54) is 0 Å². The first kappa shape index (κ1) is 13.3. The van der Waals surface area contributed by atoms with Crippen molar-refractivity contribution in [3.8, 4) is 5.75 Å². The summed E-state index contributed by atoms with van der Waals surface area (Å²) in [5, 5.41) is 3.14. The van der Waals surface area contributed by atoms with Crippen molar-refractivity contribution in [3.05, 3.63) is 24.0 Å². The van der Waals surface area contributed by atoms with Gasteiger partial charge in [-0.05, 0) is 25.1 Å². The average Bonchev–Trinajstić information content (AvgIpc) is 2.32. The number of nitrogens with zero attached hydrogens (tertiary/aromatic N) is 1. The molecule has 0 saturated carbocycles. The maximum atomic E-state index is 13.6. The Balaban J connectivity index is 2.02. The van der Waals surface area contributed by atoms with Crippen molar-refractivity contribution in [1.29, 1.82) is 0 Å². The van der Waals surface area contributed by atoms with Crippen LogP contribution in [0.4, 0.5) is 4.39 Å². The molecule has 2 rings (SSSR count). The molecule has 0 aromatic carbocycles. The average molecular weight is 252 g/mol. The molecule has 1 N–H and O–H groups in total. The van der Waals surface area contributed by atoms with Gasteiger partial charge in [0.1, 0.15) is 18.0 Å². The highest BCUT2D eigenvalue weighted by atomic mass is 19.1. The molecular formula is C14H21FN2O. The lowest BCUT2D eigenvalue weighted by atomic mass is 9.92. The van der Waals surface area contributed by atoms with Gasteiger partial charge in [0, 0.05) is 17.7 Å². The Bertz CT molecular complexity index is 386. The molecule has 0 unspecified atom stereocenters. The first-order chi connectivity index (χ1) is 8.47. The van der Waals surface area contributed by atoms with Crippen LogP contribution in [0, 0.1) is 0 Å². The van der Waals surface area contributed by atoms with Gasteiger partial charge in [0.2, 0.25) is 0 Å². The molecule has 1 aliphatic rings. The third-order valence-corrected chi connectivity index (χ3v) is 3.14. The van der Waals surface area contributed by atoms with Crippen LogP contribution >= 0.6 is 0 Å². The maximum absolute atomic E-state index is 13.6. The Labute approximate surface area is 108 Å². The minimum Gasteiger partial charge on any atom is -0.484 e. The second-order valence-corrected chi connectivity index (χ2v) is 5.79. The molecule has 1 aromatic rings. The summed E-state index contributed by atoms with van der Waals surface area (Å²) in [6.07, 6.45) is 0.898. The number of halogens is 1. The van der Waals surface area contributed by atoms with Crippen molar-refractivity contribution in [1.82, 2.24) is 10.3 Å². The SMILES string of the molecule is CC(C)(C)c1ccc(O[C@@H]2CNCC[C@@H]2F)cn1. The molecule has 3 nitrogen and oxygen atoms in total. The van der Waals surface area contributed by atoms with Gasteiger partial charge in [-0.25, -0.2) is 4.39 Å². The van der Waals surface area contributed by atoms with Gasteiger partial charge in [-0.1, -0.05) is 20.8 Å².